The van der Waals surface area contributed by atoms with Crippen molar-refractivity contribution in [1.82, 2.24) is 4.90 Å². The van der Waals surface area contributed by atoms with Crippen LogP contribution in [0.25, 0.3) is 0 Å². The Morgan fingerprint density at radius 3 is 2.76 bits per heavy atom. The minimum absolute atomic E-state index is 0.0708. The third-order valence-corrected chi connectivity index (χ3v) is 3.16. The topological polar surface area (TPSA) is 114 Å². The number of urea groups is 1. The number of benzene rings is 1. The molecule has 1 unspecified atom stereocenters. The van der Waals surface area contributed by atoms with E-state index in [-0.39, 0.29) is 24.2 Å². The maximum absolute atomic E-state index is 13.7. The molecule has 0 radical (unpaired) electrons. The van der Waals surface area contributed by atoms with Crippen LogP contribution in [-0.2, 0) is 4.79 Å². The monoisotopic (exact) mass is 293 g/mol. The average Bonchev–Trinajstić information content (AvgIpc) is 2.83. The summed E-state index contributed by atoms with van der Waals surface area (Å²) in [5.74, 6) is -2.03. The van der Waals surface area contributed by atoms with E-state index in [1.165, 1.54) is 12.1 Å². The van der Waals surface area contributed by atoms with E-state index in [4.69, 9.17) is 10.4 Å². The maximum Gasteiger partial charge on any atom is 0.326 e. The van der Waals surface area contributed by atoms with E-state index in [0.29, 0.717) is 0 Å². The first-order valence-electron chi connectivity index (χ1n) is 6.10. The van der Waals surface area contributed by atoms with Gasteiger partial charge >= 0.3 is 12.0 Å². The van der Waals surface area contributed by atoms with Crippen LogP contribution in [0, 0.1) is 17.1 Å². The molecule has 7 nitrogen and oxygen atoms in total. The highest BCUT2D eigenvalue weighted by Gasteiger charge is 2.39. The lowest BCUT2D eigenvalue weighted by atomic mass is 10.2. The highest BCUT2D eigenvalue weighted by Crippen LogP contribution is 2.21. The van der Waals surface area contributed by atoms with Gasteiger partial charge in [-0.3, -0.25) is 0 Å². The molecule has 1 fully saturated rings. The number of carbonyl (C=O) groups excluding carboxylic acids is 1. The quantitative estimate of drug-likeness (QED) is 0.744. The van der Waals surface area contributed by atoms with Gasteiger partial charge in [0.25, 0.3) is 0 Å². The number of nitrogens with one attached hydrogen (secondary N) is 1. The van der Waals surface area contributed by atoms with Crippen molar-refractivity contribution in [1.29, 1.82) is 5.26 Å². The van der Waals surface area contributed by atoms with Gasteiger partial charge in [-0.05, 0) is 18.2 Å². The van der Waals surface area contributed by atoms with E-state index in [9.17, 15) is 19.1 Å². The van der Waals surface area contributed by atoms with Crippen molar-refractivity contribution in [3.63, 3.8) is 0 Å². The molecule has 8 heteroatoms. The van der Waals surface area contributed by atoms with Gasteiger partial charge < -0.3 is 20.4 Å². The molecule has 21 heavy (non-hydrogen) atoms. The number of carbonyl (C=O) groups is 2. The number of nitriles is 1. The SMILES string of the molecule is N#Cc1ccc(NC(=O)N2CC(O)C[C@H]2C(=O)O)c(F)c1. The fourth-order valence-electron chi connectivity index (χ4n) is 2.15. The smallest absolute Gasteiger partial charge is 0.326 e. The zero-order valence-electron chi connectivity index (χ0n) is 10.8. The summed E-state index contributed by atoms with van der Waals surface area (Å²) < 4.78 is 13.7. The van der Waals surface area contributed by atoms with Crippen molar-refractivity contribution in [2.75, 3.05) is 11.9 Å². The number of halogens is 1. The van der Waals surface area contributed by atoms with Crippen LogP contribution in [0.4, 0.5) is 14.9 Å². The summed E-state index contributed by atoms with van der Waals surface area (Å²) in [7, 11) is 0. The Bertz CT molecular complexity index is 628. The van der Waals surface area contributed by atoms with Crippen molar-refractivity contribution >= 4 is 17.7 Å². The summed E-state index contributed by atoms with van der Waals surface area (Å²) in [6, 6.07) is 3.29. The summed E-state index contributed by atoms with van der Waals surface area (Å²) in [5, 5.41) is 29.3. The predicted octanol–water partition coefficient (Wildman–Crippen LogP) is 0.749. The number of nitrogens with zero attached hydrogens (tertiary/aromatic N) is 2. The molecule has 0 aromatic heterocycles. The number of anilines is 1. The van der Waals surface area contributed by atoms with Crippen LogP contribution in [-0.4, -0.2) is 45.8 Å². The van der Waals surface area contributed by atoms with Gasteiger partial charge in [-0.1, -0.05) is 0 Å². The van der Waals surface area contributed by atoms with E-state index in [0.717, 1.165) is 11.0 Å². The summed E-state index contributed by atoms with van der Waals surface area (Å²) in [6.07, 6.45) is -0.999. The molecule has 1 aromatic carbocycles. The molecule has 0 saturated carbocycles. The number of aliphatic hydroxyl groups is 1. The maximum atomic E-state index is 13.7. The molecule has 0 bridgehead atoms. The Kier molecular flexibility index (Phi) is 4.05. The number of aliphatic carboxylic acids is 1. The molecule has 1 saturated heterocycles. The number of β-amino-alcohol motifs (C(OH)–C–C–N with tert-alkyl or cyclic N) is 1. The first kappa shape index (κ1) is 14.7. The van der Waals surface area contributed by atoms with Crippen LogP contribution in [0.3, 0.4) is 0 Å². The van der Waals surface area contributed by atoms with Crippen LogP contribution in [0.2, 0.25) is 0 Å². The second-order valence-electron chi connectivity index (χ2n) is 4.63. The lowest BCUT2D eigenvalue weighted by Crippen LogP contribution is -2.43. The van der Waals surface area contributed by atoms with E-state index >= 15 is 0 Å². The molecule has 1 aliphatic heterocycles. The van der Waals surface area contributed by atoms with E-state index in [1.807, 2.05) is 0 Å². The van der Waals surface area contributed by atoms with E-state index in [2.05, 4.69) is 5.32 Å². The second-order valence-corrected chi connectivity index (χ2v) is 4.63. The number of rotatable bonds is 2. The van der Waals surface area contributed by atoms with Crippen LogP contribution in [0.5, 0.6) is 0 Å². The van der Waals surface area contributed by atoms with Crippen LogP contribution in [0.1, 0.15) is 12.0 Å². The van der Waals surface area contributed by atoms with Gasteiger partial charge in [0, 0.05) is 13.0 Å². The summed E-state index contributed by atoms with van der Waals surface area (Å²) in [5.41, 5.74) is -0.0602. The van der Waals surface area contributed by atoms with Crippen LogP contribution in [0.15, 0.2) is 18.2 Å². The Balaban J connectivity index is 2.14. The molecular formula is C13H12FN3O4. The van der Waals surface area contributed by atoms with Crippen LogP contribution < -0.4 is 5.32 Å². The minimum atomic E-state index is -1.23. The molecule has 0 spiro atoms. The molecule has 3 N–H and O–H groups in total. The lowest BCUT2D eigenvalue weighted by molar-refractivity contribution is -0.141. The van der Waals surface area contributed by atoms with Crippen molar-refractivity contribution in [3.05, 3.63) is 29.6 Å². The molecule has 2 amide bonds. The van der Waals surface area contributed by atoms with Gasteiger partial charge in [0.1, 0.15) is 11.9 Å². The Morgan fingerprint density at radius 2 is 2.19 bits per heavy atom. The molecule has 2 rings (SSSR count). The first-order valence-corrected chi connectivity index (χ1v) is 6.10. The van der Waals surface area contributed by atoms with Gasteiger partial charge in [0.05, 0.1) is 23.4 Å². The third-order valence-electron chi connectivity index (χ3n) is 3.16. The number of hydrogen-bond donors (Lipinski definition) is 3. The number of carboxylic acid groups (broad SMARTS) is 1. The molecule has 2 atom stereocenters. The normalized spacial score (nSPS) is 20.9. The summed E-state index contributed by atoms with van der Waals surface area (Å²) in [4.78, 5) is 23.9. The van der Waals surface area contributed by atoms with E-state index in [1.54, 1.807) is 6.07 Å². The number of aliphatic hydroxyl groups excluding tert-OH is 1. The van der Waals surface area contributed by atoms with Crippen molar-refractivity contribution in [2.24, 2.45) is 0 Å². The summed E-state index contributed by atoms with van der Waals surface area (Å²) >= 11 is 0. The fraction of sp³-hybridized carbons (Fsp3) is 0.308. The highest BCUT2D eigenvalue weighted by atomic mass is 19.1. The zero-order chi connectivity index (χ0) is 15.6. The molecular weight excluding hydrogens is 281 g/mol. The predicted molar refractivity (Wildman–Crippen MR) is 68.9 cm³/mol. The standard InChI is InChI=1S/C13H12FN3O4/c14-9-3-7(5-15)1-2-10(9)16-13(21)17-6-8(18)4-11(17)12(19)20/h1-3,8,11,18H,4,6H2,(H,16,21)(H,19,20)/t8?,11-/m0/s1. The Morgan fingerprint density at radius 1 is 1.48 bits per heavy atom. The molecule has 1 aromatic rings. The van der Waals surface area contributed by atoms with Gasteiger partial charge in [-0.25, -0.2) is 14.0 Å². The number of carboxylic acids is 1. The second kappa shape index (κ2) is 5.76. The summed E-state index contributed by atoms with van der Waals surface area (Å²) in [6.45, 7) is -0.138. The van der Waals surface area contributed by atoms with Crippen molar-refractivity contribution < 1.29 is 24.2 Å². The minimum Gasteiger partial charge on any atom is -0.480 e. The Hall–Kier alpha value is -2.66. The zero-order valence-corrected chi connectivity index (χ0v) is 10.8. The van der Waals surface area contributed by atoms with E-state index < -0.39 is 30.0 Å². The Labute approximate surface area is 119 Å². The van der Waals surface area contributed by atoms with Crippen molar-refractivity contribution in [3.8, 4) is 6.07 Å². The number of hydrogen-bond acceptors (Lipinski definition) is 4. The highest BCUT2D eigenvalue weighted by molar-refractivity contribution is 5.93. The first-order chi connectivity index (χ1) is 9.92. The fourth-order valence-corrected chi connectivity index (χ4v) is 2.15. The largest absolute Gasteiger partial charge is 0.480 e. The molecule has 1 aliphatic rings. The lowest BCUT2D eigenvalue weighted by Gasteiger charge is -2.21. The number of amides is 2. The van der Waals surface area contributed by atoms with Gasteiger partial charge in [-0.15, -0.1) is 0 Å². The average molecular weight is 293 g/mol. The van der Waals surface area contributed by atoms with Crippen LogP contribution >= 0.6 is 0 Å². The molecule has 110 valence electrons. The third kappa shape index (κ3) is 3.09. The number of likely N-dealkylation sites (tertiary alicyclic amines) is 1. The van der Waals surface area contributed by atoms with Crippen molar-refractivity contribution in [2.45, 2.75) is 18.6 Å². The molecule has 0 aliphatic carbocycles. The van der Waals surface area contributed by atoms with Gasteiger partial charge in [0.15, 0.2) is 0 Å². The van der Waals surface area contributed by atoms with Gasteiger partial charge in [-0.2, -0.15) is 5.26 Å². The van der Waals surface area contributed by atoms with Gasteiger partial charge in [0.2, 0.25) is 0 Å². The molecule has 1 heterocycles.